The largest absolute Gasteiger partial charge is 0.459 e. The molecule has 10 heteroatoms. The average molecular weight is 458 g/mol. The number of nitrogens with two attached hydrogens (primary N) is 1. The number of amides is 1. The van der Waals surface area contributed by atoms with Crippen LogP contribution in [0.2, 0.25) is 0 Å². The summed E-state index contributed by atoms with van der Waals surface area (Å²) in [5.74, 6) is -0.669. The molecule has 1 aliphatic heterocycles. The van der Waals surface area contributed by atoms with Crippen molar-refractivity contribution >= 4 is 17.8 Å². The zero-order chi connectivity index (χ0) is 24.4. The SMILES string of the molecule is CC(C)(C)OC(=O)CN1CCN(CC(=O)NCCN)CCN(CC(=O)OC(C)(C)C)CC1. The topological polar surface area (TPSA) is 117 Å². The number of nitrogens with zero attached hydrogens (tertiary/aromatic N) is 3. The van der Waals surface area contributed by atoms with Crippen LogP contribution in [0.1, 0.15) is 41.5 Å². The van der Waals surface area contributed by atoms with Crippen molar-refractivity contribution in [2.75, 3.05) is 72.0 Å². The highest BCUT2D eigenvalue weighted by Gasteiger charge is 2.24. The molecule has 1 amide bonds. The second kappa shape index (κ2) is 13.1. The Morgan fingerprint density at radius 2 is 1.06 bits per heavy atom. The van der Waals surface area contributed by atoms with Gasteiger partial charge in [0, 0.05) is 52.4 Å². The van der Waals surface area contributed by atoms with E-state index in [0.717, 1.165) is 0 Å². The van der Waals surface area contributed by atoms with Crippen molar-refractivity contribution < 1.29 is 23.9 Å². The Balaban J connectivity index is 2.82. The molecule has 186 valence electrons. The fraction of sp³-hybridized carbons (Fsp3) is 0.864. The minimum Gasteiger partial charge on any atom is -0.459 e. The third-order valence-corrected chi connectivity index (χ3v) is 4.58. The lowest BCUT2D eigenvalue weighted by Gasteiger charge is -2.27. The van der Waals surface area contributed by atoms with Gasteiger partial charge < -0.3 is 20.5 Å². The number of esters is 2. The van der Waals surface area contributed by atoms with Gasteiger partial charge in [-0.1, -0.05) is 0 Å². The predicted octanol–water partition coefficient (Wildman–Crippen LogP) is -0.336. The number of hydrogen-bond acceptors (Lipinski definition) is 9. The maximum Gasteiger partial charge on any atom is 0.320 e. The summed E-state index contributed by atoms with van der Waals surface area (Å²) in [7, 11) is 0. The van der Waals surface area contributed by atoms with Crippen LogP contribution in [-0.2, 0) is 23.9 Å². The van der Waals surface area contributed by atoms with E-state index in [-0.39, 0.29) is 37.5 Å². The number of hydrogen-bond donors (Lipinski definition) is 2. The van der Waals surface area contributed by atoms with Crippen LogP contribution in [0.5, 0.6) is 0 Å². The van der Waals surface area contributed by atoms with Gasteiger partial charge in [0.05, 0.1) is 19.6 Å². The van der Waals surface area contributed by atoms with Gasteiger partial charge in [0.1, 0.15) is 11.2 Å². The smallest absolute Gasteiger partial charge is 0.320 e. The van der Waals surface area contributed by atoms with Gasteiger partial charge in [-0.2, -0.15) is 0 Å². The van der Waals surface area contributed by atoms with E-state index < -0.39 is 11.2 Å². The van der Waals surface area contributed by atoms with Crippen molar-refractivity contribution in [3.8, 4) is 0 Å². The molecule has 0 bridgehead atoms. The second-order valence-corrected chi connectivity index (χ2v) is 10.1. The van der Waals surface area contributed by atoms with Gasteiger partial charge in [-0.15, -0.1) is 0 Å². The molecule has 0 atom stereocenters. The van der Waals surface area contributed by atoms with Gasteiger partial charge in [-0.05, 0) is 41.5 Å². The van der Waals surface area contributed by atoms with E-state index in [4.69, 9.17) is 15.2 Å². The molecular formula is C22H43N5O5. The first-order chi connectivity index (χ1) is 14.8. The number of rotatable bonds is 8. The third-order valence-electron chi connectivity index (χ3n) is 4.58. The van der Waals surface area contributed by atoms with Crippen molar-refractivity contribution in [1.82, 2.24) is 20.0 Å². The summed E-state index contributed by atoms with van der Waals surface area (Å²) < 4.78 is 10.9. The maximum atomic E-state index is 12.4. The Morgan fingerprint density at radius 1 is 0.719 bits per heavy atom. The number of ether oxygens (including phenoxy) is 2. The predicted molar refractivity (Wildman–Crippen MR) is 123 cm³/mol. The molecule has 0 aromatic rings. The quantitative estimate of drug-likeness (QED) is 0.472. The van der Waals surface area contributed by atoms with Crippen LogP contribution >= 0.6 is 0 Å². The Hall–Kier alpha value is -1.75. The first-order valence-corrected chi connectivity index (χ1v) is 11.3. The molecule has 1 rings (SSSR count). The van der Waals surface area contributed by atoms with Crippen molar-refractivity contribution in [3.63, 3.8) is 0 Å². The molecule has 32 heavy (non-hydrogen) atoms. The lowest BCUT2D eigenvalue weighted by atomic mass is 10.2. The van der Waals surface area contributed by atoms with Gasteiger partial charge in [-0.3, -0.25) is 29.1 Å². The molecule has 1 saturated heterocycles. The van der Waals surface area contributed by atoms with Crippen molar-refractivity contribution in [3.05, 3.63) is 0 Å². The van der Waals surface area contributed by atoms with Gasteiger partial charge in [-0.25, -0.2) is 0 Å². The maximum absolute atomic E-state index is 12.4. The Morgan fingerprint density at radius 3 is 1.38 bits per heavy atom. The molecular weight excluding hydrogens is 414 g/mol. The molecule has 0 spiro atoms. The second-order valence-electron chi connectivity index (χ2n) is 10.1. The molecule has 0 saturated carbocycles. The summed E-state index contributed by atoms with van der Waals surface area (Å²) in [5, 5.41) is 2.79. The third kappa shape index (κ3) is 13.6. The summed E-state index contributed by atoms with van der Waals surface area (Å²) in [4.78, 5) is 43.0. The van der Waals surface area contributed by atoms with Crippen molar-refractivity contribution in [2.24, 2.45) is 5.73 Å². The van der Waals surface area contributed by atoms with E-state index in [1.807, 2.05) is 56.2 Å². The zero-order valence-corrected chi connectivity index (χ0v) is 20.7. The first kappa shape index (κ1) is 28.3. The molecule has 10 nitrogen and oxygen atoms in total. The fourth-order valence-corrected chi connectivity index (χ4v) is 3.24. The summed E-state index contributed by atoms with van der Waals surface area (Å²) in [6.07, 6.45) is 0. The lowest BCUT2D eigenvalue weighted by molar-refractivity contribution is -0.158. The van der Waals surface area contributed by atoms with Crippen LogP contribution in [0.4, 0.5) is 0 Å². The molecule has 0 aromatic heterocycles. The molecule has 0 aliphatic carbocycles. The van der Waals surface area contributed by atoms with Crippen LogP contribution in [-0.4, -0.2) is 116 Å². The summed E-state index contributed by atoms with van der Waals surface area (Å²) in [5.41, 5.74) is 4.37. The molecule has 3 N–H and O–H groups in total. The highest BCUT2D eigenvalue weighted by molar-refractivity contribution is 5.78. The molecule has 0 aromatic carbocycles. The monoisotopic (exact) mass is 457 g/mol. The van der Waals surface area contributed by atoms with E-state index in [9.17, 15) is 14.4 Å². The van der Waals surface area contributed by atoms with Crippen LogP contribution in [0, 0.1) is 0 Å². The van der Waals surface area contributed by atoms with Gasteiger partial charge >= 0.3 is 11.9 Å². The fourth-order valence-electron chi connectivity index (χ4n) is 3.24. The standard InChI is InChI=1S/C22H43N5O5/c1-21(2,3)31-19(29)16-26-11-9-25(15-18(28)24-8-7-23)10-12-27(14-13-26)17-20(30)32-22(4,5)6/h7-17,23H2,1-6H3,(H,24,28). The zero-order valence-electron chi connectivity index (χ0n) is 20.7. The van der Waals surface area contributed by atoms with Crippen LogP contribution in [0.3, 0.4) is 0 Å². The van der Waals surface area contributed by atoms with E-state index >= 15 is 0 Å². The minimum absolute atomic E-state index is 0.0907. The Bertz CT molecular complexity index is 573. The minimum atomic E-state index is -0.549. The average Bonchev–Trinajstić information content (AvgIpc) is 2.69. The van der Waals surface area contributed by atoms with Crippen LogP contribution in [0.15, 0.2) is 0 Å². The summed E-state index contributed by atoms with van der Waals surface area (Å²) in [6.45, 7) is 16.1. The number of carbonyl (C=O) groups is 3. The van der Waals surface area contributed by atoms with Gasteiger partial charge in [0.25, 0.3) is 0 Å². The van der Waals surface area contributed by atoms with Crippen LogP contribution < -0.4 is 11.1 Å². The van der Waals surface area contributed by atoms with Gasteiger partial charge in [0.2, 0.25) is 5.91 Å². The first-order valence-electron chi connectivity index (χ1n) is 11.3. The molecule has 1 heterocycles. The van der Waals surface area contributed by atoms with E-state index in [1.54, 1.807) is 0 Å². The molecule has 1 aliphatic rings. The summed E-state index contributed by atoms with van der Waals surface area (Å²) in [6, 6.07) is 0. The van der Waals surface area contributed by atoms with Crippen LogP contribution in [0.25, 0.3) is 0 Å². The van der Waals surface area contributed by atoms with E-state index in [2.05, 4.69) is 5.32 Å². The lowest BCUT2D eigenvalue weighted by Crippen LogP contribution is -2.44. The summed E-state index contributed by atoms with van der Waals surface area (Å²) >= 11 is 0. The van der Waals surface area contributed by atoms with Crippen molar-refractivity contribution in [1.29, 1.82) is 0 Å². The highest BCUT2D eigenvalue weighted by atomic mass is 16.6. The Labute approximate surface area is 192 Å². The Kier molecular flexibility index (Phi) is 11.6. The number of nitrogens with one attached hydrogen (secondary N) is 1. The normalized spacial score (nSPS) is 17.7. The molecule has 1 fully saturated rings. The molecule has 0 radical (unpaired) electrons. The van der Waals surface area contributed by atoms with E-state index in [0.29, 0.717) is 52.4 Å². The van der Waals surface area contributed by atoms with Gasteiger partial charge in [0.15, 0.2) is 0 Å². The molecule has 0 unspecified atom stereocenters. The van der Waals surface area contributed by atoms with E-state index in [1.165, 1.54) is 0 Å². The highest BCUT2D eigenvalue weighted by Crippen LogP contribution is 2.10. The number of carbonyl (C=O) groups excluding carboxylic acids is 3. The van der Waals surface area contributed by atoms with Crippen molar-refractivity contribution in [2.45, 2.75) is 52.7 Å².